The van der Waals surface area contributed by atoms with Gasteiger partial charge in [0.15, 0.2) is 0 Å². The summed E-state index contributed by atoms with van der Waals surface area (Å²) in [4.78, 5) is 25.7. The maximum Gasteiger partial charge on any atom is 0.311 e. The molecule has 26 heavy (non-hydrogen) atoms. The smallest absolute Gasteiger partial charge is 0.311 e. The summed E-state index contributed by atoms with van der Waals surface area (Å²) < 4.78 is 5.22. The molecule has 1 atom stereocenters. The first-order chi connectivity index (χ1) is 12.5. The largest absolute Gasteiger partial charge is 0.463 e. The van der Waals surface area contributed by atoms with E-state index in [1.807, 2.05) is 32.6 Å². The van der Waals surface area contributed by atoms with Crippen molar-refractivity contribution in [2.24, 2.45) is 5.92 Å². The minimum Gasteiger partial charge on any atom is -0.463 e. The van der Waals surface area contributed by atoms with Gasteiger partial charge in [0.25, 0.3) is 0 Å². The van der Waals surface area contributed by atoms with E-state index in [2.05, 4.69) is 6.92 Å². The number of esters is 1. The summed E-state index contributed by atoms with van der Waals surface area (Å²) in [7, 11) is 0. The monoisotopic (exact) mass is 369 g/mol. The van der Waals surface area contributed by atoms with Gasteiger partial charge in [0.1, 0.15) is 0 Å². The quantitative estimate of drug-likeness (QED) is 0.307. The van der Waals surface area contributed by atoms with E-state index in [1.54, 1.807) is 0 Å². The van der Waals surface area contributed by atoms with Crippen LogP contribution >= 0.6 is 0 Å². The number of likely N-dealkylation sites (tertiary alicyclic amines) is 1. The fourth-order valence-electron chi connectivity index (χ4n) is 3.26. The Morgan fingerprint density at radius 3 is 2.00 bits per heavy atom. The number of ether oxygens (including phenoxy) is 1. The van der Waals surface area contributed by atoms with Gasteiger partial charge >= 0.3 is 5.97 Å². The predicted octanol–water partition coefficient (Wildman–Crippen LogP) is 5.73. The van der Waals surface area contributed by atoms with E-state index in [9.17, 15) is 9.59 Å². The third kappa shape index (κ3) is 11.5. The number of rotatable bonds is 13. The third-order valence-electron chi connectivity index (χ3n) is 4.68. The molecule has 1 fully saturated rings. The van der Waals surface area contributed by atoms with E-state index in [4.69, 9.17) is 4.74 Å². The molecule has 1 rings (SSSR count). The second kappa shape index (κ2) is 16.1. The van der Waals surface area contributed by atoms with Crippen LogP contribution in [0.25, 0.3) is 0 Å². The van der Waals surface area contributed by atoms with E-state index in [-0.39, 0.29) is 23.9 Å². The van der Waals surface area contributed by atoms with Crippen LogP contribution in [0.15, 0.2) is 0 Å². The summed E-state index contributed by atoms with van der Waals surface area (Å²) in [5.74, 6) is -0.372. The van der Waals surface area contributed by atoms with E-state index >= 15 is 0 Å². The van der Waals surface area contributed by atoms with Crippen LogP contribution < -0.4 is 0 Å². The van der Waals surface area contributed by atoms with Crippen molar-refractivity contribution in [3.05, 3.63) is 0 Å². The maximum atomic E-state index is 12.0. The molecule has 1 amide bonds. The Morgan fingerprint density at radius 2 is 1.50 bits per heavy atom. The number of nitrogens with zero attached hydrogens (tertiary/aromatic N) is 1. The summed E-state index contributed by atoms with van der Waals surface area (Å²) in [5, 5.41) is 0. The second-order valence-electron chi connectivity index (χ2n) is 7.41. The molecule has 0 aliphatic carbocycles. The van der Waals surface area contributed by atoms with Crippen LogP contribution in [-0.2, 0) is 14.3 Å². The SMILES string of the molecule is CC.CCCCCCCCCCCCN1CC(C(=O)OC(C)C)CC1=O. The highest BCUT2D eigenvalue weighted by atomic mass is 16.5. The predicted molar refractivity (Wildman–Crippen MR) is 109 cm³/mol. The molecule has 0 bridgehead atoms. The zero-order valence-electron chi connectivity index (χ0n) is 18.0. The molecule has 4 nitrogen and oxygen atoms in total. The Morgan fingerprint density at radius 1 is 1.00 bits per heavy atom. The molecule has 1 heterocycles. The number of carbonyl (C=O) groups excluding carboxylic acids is 2. The number of hydrogen-bond acceptors (Lipinski definition) is 3. The molecule has 4 heteroatoms. The van der Waals surface area contributed by atoms with Crippen LogP contribution in [0.1, 0.15) is 105 Å². The first kappa shape index (κ1) is 24.9. The lowest BCUT2D eigenvalue weighted by Crippen LogP contribution is -2.28. The lowest BCUT2D eigenvalue weighted by molar-refractivity contribution is -0.152. The normalized spacial score (nSPS) is 16.6. The molecule has 1 aliphatic heterocycles. The van der Waals surface area contributed by atoms with Crippen LogP contribution in [0.2, 0.25) is 0 Å². The van der Waals surface area contributed by atoms with Crippen LogP contribution in [0.4, 0.5) is 0 Å². The van der Waals surface area contributed by atoms with Gasteiger partial charge in [-0.15, -0.1) is 0 Å². The van der Waals surface area contributed by atoms with Gasteiger partial charge in [-0.05, 0) is 20.3 Å². The lowest BCUT2D eigenvalue weighted by atomic mass is 10.1. The minimum absolute atomic E-state index is 0.108. The van der Waals surface area contributed by atoms with Gasteiger partial charge in [-0.25, -0.2) is 0 Å². The Kier molecular flexibility index (Phi) is 15.5. The van der Waals surface area contributed by atoms with E-state index in [0.29, 0.717) is 13.0 Å². The Labute approximate surface area is 162 Å². The van der Waals surface area contributed by atoms with Crippen molar-refractivity contribution in [2.45, 2.75) is 111 Å². The van der Waals surface area contributed by atoms with Gasteiger partial charge < -0.3 is 9.64 Å². The summed E-state index contributed by atoms with van der Waals surface area (Å²) in [6.45, 7) is 11.3. The second-order valence-corrected chi connectivity index (χ2v) is 7.41. The van der Waals surface area contributed by atoms with E-state index < -0.39 is 0 Å². The van der Waals surface area contributed by atoms with Crippen molar-refractivity contribution in [1.29, 1.82) is 0 Å². The van der Waals surface area contributed by atoms with Crippen LogP contribution in [-0.4, -0.2) is 36.0 Å². The minimum atomic E-state index is -0.261. The zero-order valence-corrected chi connectivity index (χ0v) is 18.0. The number of amides is 1. The summed E-state index contributed by atoms with van der Waals surface area (Å²) in [5.41, 5.74) is 0. The average Bonchev–Trinajstić information content (AvgIpc) is 2.99. The van der Waals surface area contributed by atoms with Crippen molar-refractivity contribution in [1.82, 2.24) is 4.90 Å². The summed E-state index contributed by atoms with van der Waals surface area (Å²) in [6.07, 6.45) is 13.2. The van der Waals surface area contributed by atoms with Gasteiger partial charge in [-0.3, -0.25) is 9.59 Å². The van der Waals surface area contributed by atoms with Gasteiger partial charge in [-0.2, -0.15) is 0 Å². The van der Waals surface area contributed by atoms with Crippen molar-refractivity contribution >= 4 is 11.9 Å². The van der Waals surface area contributed by atoms with Gasteiger partial charge in [0, 0.05) is 19.5 Å². The molecule has 0 aromatic rings. The van der Waals surface area contributed by atoms with E-state index in [1.165, 1.54) is 57.8 Å². The molecule has 0 saturated carbocycles. The van der Waals surface area contributed by atoms with Crippen LogP contribution in [0.5, 0.6) is 0 Å². The molecule has 154 valence electrons. The highest BCUT2D eigenvalue weighted by Gasteiger charge is 2.35. The Bertz CT molecular complexity index is 368. The molecule has 0 spiro atoms. The standard InChI is InChI=1S/C20H37NO3.C2H6/c1-4-5-6-7-8-9-10-11-12-13-14-21-16-18(15-19(21)22)20(23)24-17(2)3;1-2/h17-18H,4-16H2,1-3H3;1-2H3. The highest BCUT2D eigenvalue weighted by molar-refractivity contribution is 5.86. The van der Waals surface area contributed by atoms with Crippen LogP contribution in [0.3, 0.4) is 0 Å². The number of hydrogen-bond donors (Lipinski definition) is 0. The average molecular weight is 370 g/mol. The maximum absolute atomic E-state index is 12.0. The molecule has 1 unspecified atom stereocenters. The summed E-state index contributed by atoms with van der Waals surface area (Å²) in [6, 6.07) is 0. The molecule has 0 radical (unpaired) electrons. The van der Waals surface area contributed by atoms with Crippen LogP contribution in [0, 0.1) is 5.92 Å². The topological polar surface area (TPSA) is 46.6 Å². The highest BCUT2D eigenvalue weighted by Crippen LogP contribution is 2.20. The molecule has 1 saturated heterocycles. The Balaban J connectivity index is 0.00000301. The van der Waals surface area contributed by atoms with Crippen molar-refractivity contribution in [3.8, 4) is 0 Å². The zero-order chi connectivity index (χ0) is 19.8. The van der Waals surface area contributed by atoms with E-state index in [0.717, 1.165) is 13.0 Å². The van der Waals surface area contributed by atoms with Gasteiger partial charge in [0.2, 0.25) is 5.91 Å². The molecular weight excluding hydrogens is 326 g/mol. The number of carbonyl (C=O) groups is 2. The number of unbranched alkanes of at least 4 members (excludes halogenated alkanes) is 9. The molecular formula is C22H43NO3. The van der Waals surface area contributed by atoms with Crippen molar-refractivity contribution in [3.63, 3.8) is 0 Å². The van der Waals surface area contributed by atoms with Crippen molar-refractivity contribution in [2.75, 3.05) is 13.1 Å². The summed E-state index contributed by atoms with van der Waals surface area (Å²) >= 11 is 0. The fraction of sp³-hybridized carbons (Fsp3) is 0.909. The molecule has 0 N–H and O–H groups in total. The first-order valence-electron chi connectivity index (χ1n) is 11.0. The fourth-order valence-corrected chi connectivity index (χ4v) is 3.26. The molecule has 0 aromatic heterocycles. The van der Waals surface area contributed by atoms with Gasteiger partial charge in [0.05, 0.1) is 12.0 Å². The van der Waals surface area contributed by atoms with Crippen molar-refractivity contribution < 1.29 is 14.3 Å². The third-order valence-corrected chi connectivity index (χ3v) is 4.68. The first-order valence-corrected chi connectivity index (χ1v) is 11.0. The lowest BCUT2D eigenvalue weighted by Gasteiger charge is -2.16. The molecule has 1 aliphatic rings. The Hall–Kier alpha value is -1.06. The van der Waals surface area contributed by atoms with Gasteiger partial charge in [-0.1, -0.05) is 78.6 Å². The molecule has 0 aromatic carbocycles.